The molecule has 0 saturated heterocycles. The lowest BCUT2D eigenvalue weighted by molar-refractivity contribution is 0.144. The summed E-state index contributed by atoms with van der Waals surface area (Å²) in [5.74, 6) is 2.08. The van der Waals surface area contributed by atoms with E-state index in [1.165, 1.54) is 54.5 Å². The average molecular weight is 496 g/mol. The van der Waals surface area contributed by atoms with E-state index in [0.29, 0.717) is 29.8 Å². The van der Waals surface area contributed by atoms with Crippen molar-refractivity contribution in [3.05, 3.63) is 59.4 Å². The van der Waals surface area contributed by atoms with Crippen LogP contribution in [0.15, 0.2) is 42.5 Å². The first-order chi connectivity index (χ1) is 18.1. The third kappa shape index (κ3) is 4.10. The van der Waals surface area contributed by atoms with Crippen LogP contribution in [-0.4, -0.2) is 36.0 Å². The number of hydrogen-bond donors (Lipinski definition) is 1. The van der Waals surface area contributed by atoms with Gasteiger partial charge in [0, 0.05) is 35.2 Å². The molecule has 2 aromatic heterocycles. The maximum absolute atomic E-state index is 11.3. The van der Waals surface area contributed by atoms with Gasteiger partial charge in [-0.05, 0) is 66.0 Å². The number of carboxylic acid groups (broad SMARTS) is 1. The van der Waals surface area contributed by atoms with E-state index in [4.69, 9.17) is 9.84 Å². The molecule has 2 fully saturated rings. The fraction of sp³-hybridized carbons (Fsp3) is 0.379. The summed E-state index contributed by atoms with van der Waals surface area (Å²) >= 11 is 0. The Labute approximate surface area is 214 Å². The highest BCUT2D eigenvalue weighted by Crippen LogP contribution is 2.47. The predicted octanol–water partition coefficient (Wildman–Crippen LogP) is 6.36. The zero-order valence-corrected chi connectivity index (χ0v) is 20.6. The van der Waals surface area contributed by atoms with Gasteiger partial charge in [-0.25, -0.2) is 4.79 Å². The van der Waals surface area contributed by atoms with Crippen LogP contribution in [-0.2, 0) is 13.0 Å². The van der Waals surface area contributed by atoms with E-state index in [9.17, 15) is 9.90 Å². The molecule has 0 radical (unpaired) electrons. The van der Waals surface area contributed by atoms with Gasteiger partial charge in [0.15, 0.2) is 0 Å². The number of carbonyl (C=O) groups is 1. The van der Waals surface area contributed by atoms with Crippen LogP contribution in [0.4, 0.5) is 4.79 Å². The third-order valence-electron chi connectivity index (χ3n) is 8.03. The van der Waals surface area contributed by atoms with Gasteiger partial charge in [-0.3, -0.25) is 0 Å². The molecule has 2 saturated carbocycles. The number of benzene rings is 2. The maximum Gasteiger partial charge on any atom is 0.511 e. The number of tetrazole rings is 1. The first-order valence-electron chi connectivity index (χ1n) is 13.3. The van der Waals surface area contributed by atoms with E-state index in [1.54, 1.807) is 10.9 Å². The molecule has 7 rings (SSSR count). The fourth-order valence-corrected chi connectivity index (χ4v) is 6.12. The zero-order chi connectivity index (χ0) is 24.9. The predicted molar refractivity (Wildman–Crippen MR) is 140 cm³/mol. The number of ether oxygens (including phenoxy) is 1. The molecule has 4 aromatic rings. The summed E-state index contributed by atoms with van der Waals surface area (Å²) in [6, 6.07) is 14.2. The van der Waals surface area contributed by atoms with Crippen molar-refractivity contribution in [1.82, 2.24) is 24.8 Å². The van der Waals surface area contributed by atoms with E-state index >= 15 is 0 Å². The van der Waals surface area contributed by atoms with Gasteiger partial charge in [0.2, 0.25) is 5.82 Å². The summed E-state index contributed by atoms with van der Waals surface area (Å²) in [4.78, 5) is 13.0. The molecule has 0 atom stereocenters. The van der Waals surface area contributed by atoms with Crippen LogP contribution < -0.4 is 4.74 Å². The van der Waals surface area contributed by atoms with Crippen LogP contribution in [0.25, 0.3) is 33.9 Å². The highest BCUT2D eigenvalue weighted by molar-refractivity contribution is 5.98. The average Bonchev–Trinajstić information content (AvgIpc) is 3.55. The summed E-state index contributed by atoms with van der Waals surface area (Å²) in [6.07, 6.45) is 10.0. The Hall–Kier alpha value is -3.94. The van der Waals surface area contributed by atoms with Gasteiger partial charge in [-0.1, -0.05) is 43.5 Å². The molecule has 0 amide bonds. The standard InChI is InChI=1S/C29H29N5O3/c35-29(36)37-22-12-13-24-25(15-22)33-17-21(28-30-32-34(31-28)16-18-10-11-18)14-20-8-4-5-9-23(20)27(33)26(24)19-6-2-1-3-7-19/h4-5,8-9,12-13,15,17-19H,1-3,6-7,10-11,14,16H2,(H,35,36). The van der Waals surface area contributed by atoms with Crippen molar-refractivity contribution in [2.75, 3.05) is 0 Å². The molecule has 2 aromatic carbocycles. The molecule has 8 nitrogen and oxygen atoms in total. The Morgan fingerprint density at radius 2 is 1.89 bits per heavy atom. The summed E-state index contributed by atoms with van der Waals surface area (Å²) in [5, 5.41) is 23.9. The molecule has 2 aliphatic carbocycles. The molecule has 1 aliphatic heterocycles. The maximum atomic E-state index is 11.3. The summed E-state index contributed by atoms with van der Waals surface area (Å²) in [5.41, 5.74) is 6.90. The molecule has 37 heavy (non-hydrogen) atoms. The van der Waals surface area contributed by atoms with Gasteiger partial charge < -0.3 is 14.4 Å². The number of aromatic nitrogens is 5. The van der Waals surface area contributed by atoms with Crippen LogP contribution in [0.3, 0.4) is 0 Å². The second-order valence-electron chi connectivity index (χ2n) is 10.6. The summed E-state index contributed by atoms with van der Waals surface area (Å²) in [6.45, 7) is 0.816. The molecule has 1 N–H and O–H groups in total. The number of fused-ring (bicyclic) bond motifs is 5. The Balaban J connectivity index is 1.46. The van der Waals surface area contributed by atoms with E-state index in [2.05, 4.69) is 45.3 Å². The minimum atomic E-state index is -1.31. The lowest BCUT2D eigenvalue weighted by atomic mass is 9.81. The Kier molecular flexibility index (Phi) is 5.34. The quantitative estimate of drug-likeness (QED) is 0.256. The van der Waals surface area contributed by atoms with Gasteiger partial charge in [0.25, 0.3) is 0 Å². The smallest absolute Gasteiger partial charge is 0.449 e. The minimum Gasteiger partial charge on any atom is -0.449 e. The normalized spacial score (nSPS) is 17.7. The van der Waals surface area contributed by atoms with Crippen LogP contribution >= 0.6 is 0 Å². The molecular weight excluding hydrogens is 466 g/mol. The second-order valence-corrected chi connectivity index (χ2v) is 10.6. The van der Waals surface area contributed by atoms with Crippen LogP contribution in [0, 0.1) is 5.92 Å². The molecule has 0 bridgehead atoms. The molecular formula is C29H29N5O3. The summed E-state index contributed by atoms with van der Waals surface area (Å²) < 4.78 is 7.29. The monoisotopic (exact) mass is 495 g/mol. The van der Waals surface area contributed by atoms with Crippen molar-refractivity contribution in [1.29, 1.82) is 0 Å². The van der Waals surface area contributed by atoms with Crippen LogP contribution in [0.1, 0.15) is 67.8 Å². The van der Waals surface area contributed by atoms with E-state index in [0.717, 1.165) is 35.9 Å². The zero-order valence-electron chi connectivity index (χ0n) is 20.6. The van der Waals surface area contributed by atoms with Gasteiger partial charge >= 0.3 is 6.16 Å². The van der Waals surface area contributed by atoms with Gasteiger partial charge in [0.05, 0.1) is 17.8 Å². The summed E-state index contributed by atoms with van der Waals surface area (Å²) in [7, 11) is 0. The molecule has 3 aliphatic rings. The Bertz CT molecular complexity index is 1540. The van der Waals surface area contributed by atoms with Gasteiger partial charge in [-0.2, -0.15) is 4.80 Å². The number of nitrogens with zero attached hydrogens (tertiary/aromatic N) is 5. The second kappa shape index (κ2) is 8.87. The molecule has 188 valence electrons. The van der Waals surface area contributed by atoms with Crippen LogP contribution in [0.5, 0.6) is 5.75 Å². The molecule has 0 spiro atoms. The Morgan fingerprint density at radius 3 is 2.70 bits per heavy atom. The minimum absolute atomic E-state index is 0.316. The molecule has 3 heterocycles. The van der Waals surface area contributed by atoms with E-state index in [-0.39, 0.29) is 0 Å². The largest absolute Gasteiger partial charge is 0.511 e. The number of allylic oxidation sites excluding steroid dienone is 1. The van der Waals surface area contributed by atoms with Crippen molar-refractivity contribution in [3.63, 3.8) is 0 Å². The first kappa shape index (κ1) is 22.3. The van der Waals surface area contributed by atoms with Crippen molar-refractivity contribution in [2.24, 2.45) is 5.92 Å². The number of hydrogen-bond acceptors (Lipinski definition) is 5. The van der Waals surface area contributed by atoms with Crippen molar-refractivity contribution >= 4 is 28.8 Å². The lowest BCUT2D eigenvalue weighted by Gasteiger charge is -2.23. The van der Waals surface area contributed by atoms with E-state index < -0.39 is 6.16 Å². The topological polar surface area (TPSA) is 95.1 Å². The first-order valence-corrected chi connectivity index (χ1v) is 13.3. The van der Waals surface area contributed by atoms with Gasteiger partial charge in [-0.15, -0.1) is 10.2 Å². The SMILES string of the molecule is O=C(O)Oc1ccc2c(C3CCCCC3)c3n(c2c1)C=C(c1nnn(CC2CC2)n1)Cc1ccccc1-3. The molecule has 0 unspecified atom stereocenters. The van der Waals surface area contributed by atoms with Crippen molar-refractivity contribution < 1.29 is 14.6 Å². The van der Waals surface area contributed by atoms with Crippen molar-refractivity contribution in [2.45, 2.75) is 63.8 Å². The third-order valence-corrected chi connectivity index (χ3v) is 8.03. The lowest BCUT2D eigenvalue weighted by Crippen LogP contribution is -2.06. The molecule has 8 heteroatoms. The number of rotatable bonds is 5. The van der Waals surface area contributed by atoms with Crippen molar-refractivity contribution in [3.8, 4) is 17.0 Å². The fourth-order valence-electron chi connectivity index (χ4n) is 6.12. The highest BCUT2D eigenvalue weighted by Gasteiger charge is 2.30. The Morgan fingerprint density at radius 1 is 1.05 bits per heavy atom. The van der Waals surface area contributed by atoms with E-state index in [1.807, 2.05) is 12.1 Å². The highest BCUT2D eigenvalue weighted by atomic mass is 16.7. The van der Waals surface area contributed by atoms with Gasteiger partial charge in [0.1, 0.15) is 5.75 Å². The van der Waals surface area contributed by atoms with Crippen LogP contribution in [0.2, 0.25) is 0 Å².